The molecule has 2 rings (SSSR count). The van der Waals surface area contributed by atoms with Gasteiger partial charge in [0.15, 0.2) is 0 Å². The van der Waals surface area contributed by atoms with Gasteiger partial charge >= 0.3 is 0 Å². The highest BCUT2D eigenvalue weighted by Crippen LogP contribution is 2.20. The van der Waals surface area contributed by atoms with Crippen LogP contribution in [0.5, 0.6) is 0 Å². The second kappa shape index (κ2) is 3.42. The molecule has 2 aliphatic rings. The van der Waals surface area contributed by atoms with Crippen LogP contribution in [0.4, 0.5) is 0 Å². The lowest BCUT2D eigenvalue weighted by molar-refractivity contribution is -0.128. The van der Waals surface area contributed by atoms with E-state index < -0.39 is 5.91 Å². The molecule has 1 unspecified atom stereocenters. The zero-order valence-corrected chi connectivity index (χ0v) is 7.82. The van der Waals surface area contributed by atoms with Crippen molar-refractivity contribution in [1.82, 2.24) is 10.2 Å². The van der Waals surface area contributed by atoms with Crippen LogP contribution < -0.4 is 11.1 Å². The number of nitrogens with two attached hydrogens (primary N) is 1. The van der Waals surface area contributed by atoms with Crippen molar-refractivity contribution in [1.29, 1.82) is 0 Å². The molecule has 2 aliphatic heterocycles. The number of carbonyl (C=O) groups is 2. The van der Waals surface area contributed by atoms with Crippen molar-refractivity contribution in [2.45, 2.75) is 18.9 Å². The summed E-state index contributed by atoms with van der Waals surface area (Å²) in [6.45, 7) is 1.72. The standard InChI is InChI=1S/C9H13N3O2/c10-9(14)6-3-8(13)12(5-6)7-1-2-11-4-7/h5,7,11H,1-4H2,(H2,10,14). The average Bonchev–Trinajstić information content (AvgIpc) is 2.71. The van der Waals surface area contributed by atoms with E-state index in [0.29, 0.717) is 5.57 Å². The van der Waals surface area contributed by atoms with Gasteiger partial charge in [-0.15, -0.1) is 0 Å². The molecule has 0 radical (unpaired) electrons. The summed E-state index contributed by atoms with van der Waals surface area (Å²) in [5.41, 5.74) is 5.54. The molecule has 2 amide bonds. The Bertz CT molecular complexity index is 305. The third kappa shape index (κ3) is 1.50. The number of nitrogens with zero attached hydrogens (tertiary/aromatic N) is 1. The van der Waals surface area contributed by atoms with Crippen LogP contribution in [-0.4, -0.2) is 35.8 Å². The molecule has 1 fully saturated rings. The SMILES string of the molecule is NC(=O)C1=CN(C2CCNC2)C(=O)C1. The van der Waals surface area contributed by atoms with Gasteiger partial charge in [-0.05, 0) is 13.0 Å². The predicted molar refractivity (Wildman–Crippen MR) is 50.0 cm³/mol. The van der Waals surface area contributed by atoms with Crippen LogP contribution in [0.3, 0.4) is 0 Å². The van der Waals surface area contributed by atoms with Crippen LogP contribution in [0.1, 0.15) is 12.8 Å². The third-order valence-electron chi connectivity index (χ3n) is 2.67. The highest BCUT2D eigenvalue weighted by Gasteiger charge is 2.31. The number of hydrogen-bond acceptors (Lipinski definition) is 3. The normalized spacial score (nSPS) is 26.9. The molecule has 1 atom stereocenters. The van der Waals surface area contributed by atoms with Crippen molar-refractivity contribution in [3.05, 3.63) is 11.8 Å². The van der Waals surface area contributed by atoms with E-state index in [1.54, 1.807) is 11.1 Å². The summed E-state index contributed by atoms with van der Waals surface area (Å²) in [5, 5.41) is 3.17. The zero-order chi connectivity index (χ0) is 10.1. The van der Waals surface area contributed by atoms with Crippen LogP contribution in [-0.2, 0) is 9.59 Å². The molecule has 0 aromatic rings. The number of carbonyl (C=O) groups excluding carboxylic acids is 2. The summed E-state index contributed by atoms with van der Waals surface area (Å²) >= 11 is 0. The van der Waals surface area contributed by atoms with Gasteiger partial charge < -0.3 is 16.0 Å². The molecule has 0 aromatic heterocycles. The largest absolute Gasteiger partial charge is 0.366 e. The molecule has 5 nitrogen and oxygen atoms in total. The van der Waals surface area contributed by atoms with Gasteiger partial charge in [0.1, 0.15) is 0 Å². The third-order valence-corrected chi connectivity index (χ3v) is 2.67. The molecular formula is C9H13N3O2. The summed E-state index contributed by atoms with van der Waals surface area (Å²) in [5.74, 6) is -0.515. The molecule has 1 saturated heterocycles. The number of nitrogens with one attached hydrogen (secondary N) is 1. The van der Waals surface area contributed by atoms with Gasteiger partial charge in [-0.2, -0.15) is 0 Å². The monoisotopic (exact) mass is 195 g/mol. The summed E-state index contributed by atoms with van der Waals surface area (Å²) in [6.07, 6.45) is 2.70. The predicted octanol–water partition coefficient (Wildman–Crippen LogP) is -1.05. The Balaban J connectivity index is 2.11. The van der Waals surface area contributed by atoms with Gasteiger partial charge in [-0.1, -0.05) is 0 Å². The van der Waals surface area contributed by atoms with Gasteiger partial charge in [0.2, 0.25) is 11.8 Å². The van der Waals surface area contributed by atoms with E-state index >= 15 is 0 Å². The van der Waals surface area contributed by atoms with Gasteiger partial charge in [0.05, 0.1) is 6.42 Å². The minimum atomic E-state index is -0.494. The van der Waals surface area contributed by atoms with Crippen molar-refractivity contribution in [3.8, 4) is 0 Å². The molecule has 76 valence electrons. The molecule has 0 bridgehead atoms. The van der Waals surface area contributed by atoms with E-state index in [1.807, 2.05) is 0 Å². The summed E-state index contributed by atoms with van der Waals surface area (Å²) < 4.78 is 0. The van der Waals surface area contributed by atoms with E-state index in [9.17, 15) is 9.59 Å². The minimum Gasteiger partial charge on any atom is -0.366 e. The second-order valence-electron chi connectivity index (χ2n) is 3.64. The second-order valence-corrected chi connectivity index (χ2v) is 3.64. The van der Waals surface area contributed by atoms with Crippen LogP contribution in [0, 0.1) is 0 Å². The van der Waals surface area contributed by atoms with Crippen molar-refractivity contribution >= 4 is 11.8 Å². The van der Waals surface area contributed by atoms with E-state index in [1.165, 1.54) is 0 Å². The fourth-order valence-corrected chi connectivity index (χ4v) is 1.88. The first-order chi connectivity index (χ1) is 6.68. The molecule has 0 saturated carbocycles. The summed E-state index contributed by atoms with van der Waals surface area (Å²) in [7, 11) is 0. The van der Waals surface area contributed by atoms with Gasteiger partial charge in [-0.25, -0.2) is 0 Å². The first-order valence-corrected chi connectivity index (χ1v) is 4.71. The number of hydrogen-bond donors (Lipinski definition) is 2. The molecular weight excluding hydrogens is 182 g/mol. The first kappa shape index (κ1) is 9.21. The Morgan fingerprint density at radius 2 is 2.43 bits per heavy atom. The van der Waals surface area contributed by atoms with E-state index in [0.717, 1.165) is 19.5 Å². The minimum absolute atomic E-state index is 0.0208. The maximum absolute atomic E-state index is 11.5. The molecule has 3 N–H and O–H groups in total. The lowest BCUT2D eigenvalue weighted by Crippen LogP contribution is -2.34. The number of primary amides is 1. The molecule has 0 spiro atoms. The van der Waals surface area contributed by atoms with Crippen LogP contribution in [0.25, 0.3) is 0 Å². The van der Waals surface area contributed by atoms with Crippen molar-refractivity contribution in [3.63, 3.8) is 0 Å². The Morgan fingerprint density at radius 3 is 2.93 bits per heavy atom. The van der Waals surface area contributed by atoms with Crippen molar-refractivity contribution in [2.24, 2.45) is 5.73 Å². The topological polar surface area (TPSA) is 75.4 Å². The van der Waals surface area contributed by atoms with Crippen molar-refractivity contribution in [2.75, 3.05) is 13.1 Å². The smallest absolute Gasteiger partial charge is 0.246 e. The van der Waals surface area contributed by atoms with Gasteiger partial charge in [0.25, 0.3) is 0 Å². The Kier molecular flexibility index (Phi) is 2.25. The maximum Gasteiger partial charge on any atom is 0.246 e. The van der Waals surface area contributed by atoms with E-state index in [2.05, 4.69) is 5.32 Å². The molecule has 5 heteroatoms. The molecule has 14 heavy (non-hydrogen) atoms. The van der Waals surface area contributed by atoms with Gasteiger partial charge in [0, 0.05) is 24.4 Å². The summed E-state index contributed by atoms with van der Waals surface area (Å²) in [4.78, 5) is 24.0. The van der Waals surface area contributed by atoms with Crippen LogP contribution in [0.15, 0.2) is 11.8 Å². The fourth-order valence-electron chi connectivity index (χ4n) is 1.88. The molecule has 2 heterocycles. The Morgan fingerprint density at radius 1 is 1.64 bits per heavy atom. The Hall–Kier alpha value is -1.36. The quantitative estimate of drug-likeness (QED) is 0.590. The zero-order valence-electron chi connectivity index (χ0n) is 7.82. The highest BCUT2D eigenvalue weighted by molar-refractivity contribution is 6.00. The lowest BCUT2D eigenvalue weighted by atomic mass is 10.2. The fraction of sp³-hybridized carbons (Fsp3) is 0.556. The average molecular weight is 195 g/mol. The highest BCUT2D eigenvalue weighted by atomic mass is 16.2. The van der Waals surface area contributed by atoms with Crippen molar-refractivity contribution < 1.29 is 9.59 Å². The number of rotatable bonds is 2. The molecule has 0 aromatic carbocycles. The van der Waals surface area contributed by atoms with E-state index in [4.69, 9.17) is 5.73 Å². The summed E-state index contributed by atoms with van der Waals surface area (Å²) in [6, 6.07) is 0.194. The number of amides is 2. The van der Waals surface area contributed by atoms with E-state index in [-0.39, 0.29) is 18.4 Å². The van der Waals surface area contributed by atoms with Crippen LogP contribution in [0.2, 0.25) is 0 Å². The first-order valence-electron chi connectivity index (χ1n) is 4.71. The van der Waals surface area contributed by atoms with Crippen LogP contribution >= 0.6 is 0 Å². The Labute approximate surface area is 81.9 Å². The maximum atomic E-state index is 11.5. The lowest BCUT2D eigenvalue weighted by Gasteiger charge is -2.20. The molecule has 0 aliphatic carbocycles. The van der Waals surface area contributed by atoms with Gasteiger partial charge in [-0.3, -0.25) is 9.59 Å².